The molecule has 0 aliphatic carbocycles. The highest BCUT2D eigenvalue weighted by Crippen LogP contribution is 2.22. The molecule has 1 atom stereocenters. The number of sulfonamides is 1. The highest BCUT2D eigenvalue weighted by atomic mass is 32.2. The van der Waals surface area contributed by atoms with E-state index in [1.807, 2.05) is 31.3 Å². The number of piperazine rings is 1. The second-order valence-electron chi connectivity index (χ2n) is 8.79. The molecule has 4 rings (SSSR count). The number of nitrogens with one attached hydrogen (secondary N) is 1. The third-order valence-corrected chi connectivity index (χ3v) is 8.43. The van der Waals surface area contributed by atoms with Gasteiger partial charge in [0.1, 0.15) is 0 Å². The lowest BCUT2D eigenvalue weighted by molar-refractivity contribution is -0.121. The average Bonchev–Trinajstić information content (AvgIpc) is 2.85. The van der Waals surface area contributed by atoms with Crippen LogP contribution in [0, 0.1) is 0 Å². The molecule has 2 aromatic rings. The van der Waals surface area contributed by atoms with Gasteiger partial charge in [0, 0.05) is 57.7 Å². The summed E-state index contributed by atoms with van der Waals surface area (Å²) in [5, 5.41) is 2.94. The molecular weight excluding hydrogens is 438 g/mol. The lowest BCUT2D eigenvalue weighted by Gasteiger charge is -2.37. The van der Waals surface area contributed by atoms with Crippen molar-refractivity contribution in [2.45, 2.75) is 43.7 Å². The SMILES string of the molecule is CC(C(=O)Nc1ccc(S(=O)(=O)N2CCCCC2)cc1)N1CCN(Cc2ccccn2)CC1. The first-order chi connectivity index (χ1) is 15.9. The Kier molecular flexibility index (Phi) is 7.75. The Hall–Kier alpha value is -2.33. The number of hydrogen-bond acceptors (Lipinski definition) is 6. The van der Waals surface area contributed by atoms with Crippen LogP contribution in [0.15, 0.2) is 53.6 Å². The van der Waals surface area contributed by atoms with Crippen molar-refractivity contribution < 1.29 is 13.2 Å². The second-order valence-corrected chi connectivity index (χ2v) is 10.7. The van der Waals surface area contributed by atoms with E-state index in [2.05, 4.69) is 20.1 Å². The molecule has 1 N–H and O–H groups in total. The summed E-state index contributed by atoms with van der Waals surface area (Å²) in [7, 11) is -3.47. The Morgan fingerprint density at radius 3 is 2.30 bits per heavy atom. The monoisotopic (exact) mass is 471 g/mol. The zero-order chi connectivity index (χ0) is 23.3. The molecule has 3 heterocycles. The van der Waals surface area contributed by atoms with Crippen LogP contribution in [0.25, 0.3) is 0 Å². The van der Waals surface area contributed by atoms with Gasteiger partial charge in [-0.15, -0.1) is 0 Å². The molecule has 0 radical (unpaired) electrons. The van der Waals surface area contributed by atoms with E-state index in [0.29, 0.717) is 18.8 Å². The van der Waals surface area contributed by atoms with Gasteiger partial charge in [-0.25, -0.2) is 8.42 Å². The minimum Gasteiger partial charge on any atom is -0.325 e. The zero-order valence-electron chi connectivity index (χ0n) is 19.2. The Labute approximate surface area is 196 Å². The average molecular weight is 472 g/mol. The quantitative estimate of drug-likeness (QED) is 0.668. The predicted octanol–water partition coefficient (Wildman–Crippen LogP) is 2.40. The molecule has 0 saturated carbocycles. The second kappa shape index (κ2) is 10.7. The summed E-state index contributed by atoms with van der Waals surface area (Å²) in [4.78, 5) is 22.0. The van der Waals surface area contributed by atoms with E-state index in [-0.39, 0.29) is 16.8 Å². The number of benzene rings is 1. The van der Waals surface area contributed by atoms with Gasteiger partial charge in [0.05, 0.1) is 16.6 Å². The van der Waals surface area contributed by atoms with Gasteiger partial charge in [0.25, 0.3) is 0 Å². The highest BCUT2D eigenvalue weighted by Gasteiger charge is 2.27. The van der Waals surface area contributed by atoms with Gasteiger partial charge < -0.3 is 5.32 Å². The van der Waals surface area contributed by atoms with E-state index < -0.39 is 10.0 Å². The van der Waals surface area contributed by atoms with Crippen LogP contribution in [0.2, 0.25) is 0 Å². The number of amides is 1. The van der Waals surface area contributed by atoms with E-state index in [1.54, 1.807) is 28.6 Å². The lowest BCUT2D eigenvalue weighted by Crippen LogP contribution is -2.52. The molecule has 33 heavy (non-hydrogen) atoms. The molecule has 1 unspecified atom stereocenters. The smallest absolute Gasteiger partial charge is 0.243 e. The number of anilines is 1. The molecule has 2 aliphatic heterocycles. The number of hydrogen-bond donors (Lipinski definition) is 1. The van der Waals surface area contributed by atoms with Crippen LogP contribution in [-0.2, 0) is 21.4 Å². The van der Waals surface area contributed by atoms with Crippen molar-refractivity contribution in [1.82, 2.24) is 19.1 Å². The van der Waals surface area contributed by atoms with Crippen LogP contribution in [0.4, 0.5) is 5.69 Å². The molecule has 2 aliphatic rings. The fraction of sp³-hybridized carbons (Fsp3) is 0.500. The number of piperidine rings is 1. The Bertz CT molecular complexity index is 1020. The first-order valence-corrected chi connectivity index (χ1v) is 13.1. The van der Waals surface area contributed by atoms with Crippen molar-refractivity contribution in [2.75, 3.05) is 44.6 Å². The standard InChI is InChI=1S/C24H33N5O3S/c1-20(28-17-15-27(16-18-28)19-22-7-3-4-12-25-22)24(30)26-21-8-10-23(11-9-21)33(31,32)29-13-5-2-6-14-29/h3-4,7-12,20H,2,5-6,13-19H2,1H3,(H,26,30). The highest BCUT2D eigenvalue weighted by molar-refractivity contribution is 7.89. The number of carbonyl (C=O) groups excluding carboxylic acids is 1. The predicted molar refractivity (Wildman–Crippen MR) is 128 cm³/mol. The van der Waals surface area contributed by atoms with Gasteiger partial charge in [0.15, 0.2) is 0 Å². The normalized spacial score (nSPS) is 19.8. The van der Waals surface area contributed by atoms with Gasteiger partial charge in [-0.1, -0.05) is 12.5 Å². The van der Waals surface area contributed by atoms with E-state index in [4.69, 9.17) is 0 Å². The fourth-order valence-corrected chi connectivity index (χ4v) is 5.92. The largest absolute Gasteiger partial charge is 0.325 e. The summed E-state index contributed by atoms with van der Waals surface area (Å²) in [6.45, 7) is 7.29. The first kappa shape index (κ1) is 23.8. The minimum absolute atomic E-state index is 0.0835. The molecule has 1 amide bonds. The first-order valence-electron chi connectivity index (χ1n) is 11.7. The van der Waals surface area contributed by atoms with Gasteiger partial charge in [-0.05, 0) is 56.2 Å². The Balaban J connectivity index is 1.28. The van der Waals surface area contributed by atoms with Crippen LogP contribution in [0.5, 0.6) is 0 Å². The molecule has 178 valence electrons. The van der Waals surface area contributed by atoms with Crippen molar-refractivity contribution in [2.24, 2.45) is 0 Å². The number of rotatable bonds is 7. The van der Waals surface area contributed by atoms with Gasteiger partial charge in [-0.2, -0.15) is 4.31 Å². The van der Waals surface area contributed by atoms with E-state index in [9.17, 15) is 13.2 Å². The molecule has 9 heteroatoms. The van der Waals surface area contributed by atoms with Gasteiger partial charge in [-0.3, -0.25) is 19.6 Å². The summed E-state index contributed by atoms with van der Waals surface area (Å²) in [5.41, 5.74) is 1.67. The van der Waals surface area contributed by atoms with E-state index in [1.165, 1.54) is 0 Å². The third kappa shape index (κ3) is 5.97. The topological polar surface area (TPSA) is 85.8 Å². The van der Waals surface area contributed by atoms with Crippen LogP contribution in [0.1, 0.15) is 31.9 Å². The van der Waals surface area contributed by atoms with Gasteiger partial charge in [0.2, 0.25) is 15.9 Å². The minimum atomic E-state index is -3.47. The maximum atomic E-state index is 12.8. The molecule has 8 nitrogen and oxygen atoms in total. The molecular formula is C24H33N5O3S. The summed E-state index contributed by atoms with van der Waals surface area (Å²) in [6, 6.07) is 12.2. The summed E-state index contributed by atoms with van der Waals surface area (Å²) >= 11 is 0. The summed E-state index contributed by atoms with van der Waals surface area (Å²) in [6.07, 6.45) is 4.70. The van der Waals surface area contributed by atoms with Crippen LogP contribution in [0.3, 0.4) is 0 Å². The molecule has 1 aromatic heterocycles. The molecule has 1 aromatic carbocycles. The number of nitrogens with zero attached hydrogens (tertiary/aromatic N) is 4. The fourth-order valence-electron chi connectivity index (χ4n) is 4.41. The van der Waals surface area contributed by atoms with Crippen molar-refractivity contribution >= 4 is 21.6 Å². The number of aromatic nitrogens is 1. The van der Waals surface area contributed by atoms with Crippen LogP contribution >= 0.6 is 0 Å². The Morgan fingerprint density at radius 2 is 1.67 bits per heavy atom. The third-order valence-electron chi connectivity index (χ3n) is 6.52. The van der Waals surface area contributed by atoms with E-state index >= 15 is 0 Å². The Morgan fingerprint density at radius 1 is 0.970 bits per heavy atom. The van der Waals surface area contributed by atoms with Gasteiger partial charge >= 0.3 is 0 Å². The molecule has 0 bridgehead atoms. The lowest BCUT2D eigenvalue weighted by atomic mass is 10.2. The maximum absolute atomic E-state index is 12.8. The molecule has 0 spiro atoms. The molecule has 2 fully saturated rings. The number of pyridine rings is 1. The van der Waals surface area contributed by atoms with Crippen molar-refractivity contribution in [3.05, 3.63) is 54.4 Å². The molecule has 2 saturated heterocycles. The number of carbonyl (C=O) groups is 1. The van der Waals surface area contributed by atoms with Crippen molar-refractivity contribution in [1.29, 1.82) is 0 Å². The van der Waals surface area contributed by atoms with E-state index in [0.717, 1.165) is 57.7 Å². The van der Waals surface area contributed by atoms with Crippen LogP contribution in [-0.4, -0.2) is 78.7 Å². The summed E-state index contributed by atoms with van der Waals surface area (Å²) in [5.74, 6) is -0.0835. The maximum Gasteiger partial charge on any atom is 0.243 e. The van der Waals surface area contributed by atoms with Crippen molar-refractivity contribution in [3.63, 3.8) is 0 Å². The van der Waals surface area contributed by atoms with Crippen molar-refractivity contribution in [3.8, 4) is 0 Å². The van der Waals surface area contributed by atoms with Crippen LogP contribution < -0.4 is 5.32 Å². The zero-order valence-corrected chi connectivity index (χ0v) is 20.0. The summed E-state index contributed by atoms with van der Waals surface area (Å²) < 4.78 is 27.2.